The van der Waals surface area contributed by atoms with Crippen LogP contribution in [0.2, 0.25) is 0 Å². The molecule has 1 saturated heterocycles. The van der Waals surface area contributed by atoms with Crippen LogP contribution in [0.5, 0.6) is 0 Å². The average molecular weight is 314 g/mol. The number of aryl methyl sites for hydroxylation is 1. The molecule has 1 unspecified atom stereocenters. The number of carbonyl (C=O) groups excluding carboxylic acids is 1. The fourth-order valence-electron chi connectivity index (χ4n) is 2.84. The number of benzene rings is 1. The van der Waals surface area contributed by atoms with Gasteiger partial charge in [-0.15, -0.1) is 0 Å². The van der Waals surface area contributed by atoms with Crippen LogP contribution in [-0.2, 0) is 16.1 Å². The van der Waals surface area contributed by atoms with Gasteiger partial charge in [-0.3, -0.25) is 9.48 Å². The van der Waals surface area contributed by atoms with Crippen molar-refractivity contribution in [3.05, 3.63) is 47.7 Å². The molecular formula is C17H22N4O2. The van der Waals surface area contributed by atoms with E-state index < -0.39 is 5.60 Å². The van der Waals surface area contributed by atoms with E-state index in [1.54, 1.807) is 6.07 Å². The summed E-state index contributed by atoms with van der Waals surface area (Å²) in [5.41, 5.74) is 7.25. The zero-order valence-electron chi connectivity index (χ0n) is 13.3. The van der Waals surface area contributed by atoms with Crippen molar-refractivity contribution in [2.45, 2.75) is 31.9 Å². The number of carbonyl (C=O) groups is 1. The number of hydrogen-bond donors (Lipinski definition) is 2. The van der Waals surface area contributed by atoms with Gasteiger partial charge in [0.1, 0.15) is 0 Å². The third-order valence-corrected chi connectivity index (χ3v) is 4.32. The Hall–Kier alpha value is -2.18. The number of hydrogen-bond acceptors (Lipinski definition) is 4. The van der Waals surface area contributed by atoms with Crippen LogP contribution < -0.4 is 11.1 Å². The first kappa shape index (κ1) is 15.7. The molecule has 2 heterocycles. The summed E-state index contributed by atoms with van der Waals surface area (Å²) in [6, 6.07) is 9.96. The minimum absolute atomic E-state index is 0.183. The summed E-state index contributed by atoms with van der Waals surface area (Å²) >= 11 is 0. The third kappa shape index (κ3) is 3.28. The molecule has 1 aliphatic heterocycles. The van der Waals surface area contributed by atoms with Crippen LogP contribution in [0.1, 0.15) is 24.0 Å². The molecule has 0 spiro atoms. The van der Waals surface area contributed by atoms with Crippen LogP contribution in [0.25, 0.3) is 0 Å². The van der Waals surface area contributed by atoms with E-state index in [2.05, 4.69) is 29.5 Å². The van der Waals surface area contributed by atoms with Crippen molar-refractivity contribution in [3.8, 4) is 0 Å². The number of ether oxygens (including phenoxy) is 1. The molecule has 1 atom stereocenters. The Labute approximate surface area is 135 Å². The average Bonchev–Trinajstić information content (AvgIpc) is 3.19. The fourth-order valence-corrected chi connectivity index (χ4v) is 2.84. The number of aromatic nitrogens is 2. The van der Waals surface area contributed by atoms with Crippen molar-refractivity contribution < 1.29 is 9.53 Å². The second-order valence-electron chi connectivity index (χ2n) is 5.93. The number of nitrogens with two attached hydrogens (primary N) is 1. The molecular weight excluding hydrogens is 292 g/mol. The van der Waals surface area contributed by atoms with E-state index in [0.29, 0.717) is 25.4 Å². The molecule has 3 rings (SSSR count). The number of nitrogens with zero attached hydrogens (tertiary/aromatic N) is 2. The highest BCUT2D eigenvalue weighted by Gasteiger charge is 2.41. The first-order chi connectivity index (χ1) is 11.1. The smallest absolute Gasteiger partial charge is 0.259 e. The maximum absolute atomic E-state index is 12.4. The summed E-state index contributed by atoms with van der Waals surface area (Å²) in [7, 11) is 0. The minimum Gasteiger partial charge on any atom is -0.364 e. The largest absolute Gasteiger partial charge is 0.364 e. The molecule has 1 fully saturated rings. The van der Waals surface area contributed by atoms with Gasteiger partial charge in [-0.2, -0.15) is 5.10 Å². The molecule has 1 aromatic carbocycles. The Kier molecular flexibility index (Phi) is 4.45. The molecule has 3 N–H and O–H groups in total. The van der Waals surface area contributed by atoms with Crippen molar-refractivity contribution >= 4 is 11.7 Å². The molecule has 122 valence electrons. The topological polar surface area (TPSA) is 82.2 Å². The van der Waals surface area contributed by atoms with Crippen LogP contribution in [0.15, 0.2) is 36.5 Å². The lowest BCUT2D eigenvalue weighted by molar-refractivity contribution is -0.134. The highest BCUT2D eigenvalue weighted by atomic mass is 16.5. The van der Waals surface area contributed by atoms with Crippen molar-refractivity contribution in [1.82, 2.24) is 9.78 Å². The van der Waals surface area contributed by atoms with Gasteiger partial charge in [-0.1, -0.05) is 24.3 Å². The Balaban J connectivity index is 1.68. The summed E-state index contributed by atoms with van der Waals surface area (Å²) in [5.74, 6) is 0.311. The maximum atomic E-state index is 12.4. The first-order valence-electron chi connectivity index (χ1n) is 7.86. The van der Waals surface area contributed by atoms with E-state index in [-0.39, 0.29) is 12.5 Å². The third-order valence-electron chi connectivity index (χ3n) is 4.32. The Morgan fingerprint density at radius 2 is 2.26 bits per heavy atom. The van der Waals surface area contributed by atoms with Gasteiger partial charge in [-0.05, 0) is 30.9 Å². The van der Waals surface area contributed by atoms with Crippen LogP contribution in [0, 0.1) is 6.92 Å². The van der Waals surface area contributed by atoms with Crippen LogP contribution in [0.3, 0.4) is 0 Å². The van der Waals surface area contributed by atoms with Gasteiger partial charge in [0.05, 0.1) is 6.54 Å². The quantitative estimate of drug-likeness (QED) is 0.880. The highest BCUT2D eigenvalue weighted by molar-refractivity contribution is 5.97. The SMILES string of the molecule is Cc1ccccc1Cn1ccc(NC(=O)C2(CN)CCCO2)n1. The number of rotatable bonds is 5. The predicted molar refractivity (Wildman–Crippen MR) is 88.1 cm³/mol. The molecule has 1 aromatic heterocycles. The van der Waals surface area contributed by atoms with E-state index in [4.69, 9.17) is 10.5 Å². The Bertz CT molecular complexity index is 689. The van der Waals surface area contributed by atoms with Gasteiger partial charge in [0.25, 0.3) is 5.91 Å². The standard InChI is InChI=1S/C17H22N4O2/c1-13-5-2-3-6-14(13)11-21-9-7-15(20-21)19-16(22)17(12-18)8-4-10-23-17/h2-3,5-7,9H,4,8,10-12,18H2,1H3,(H,19,20,22). The van der Waals surface area contributed by atoms with E-state index in [1.165, 1.54) is 11.1 Å². The van der Waals surface area contributed by atoms with Crippen LogP contribution >= 0.6 is 0 Å². The van der Waals surface area contributed by atoms with Gasteiger partial charge in [-0.25, -0.2) is 0 Å². The molecule has 1 aliphatic rings. The second kappa shape index (κ2) is 6.52. The van der Waals surface area contributed by atoms with Crippen molar-refractivity contribution in [2.75, 3.05) is 18.5 Å². The lowest BCUT2D eigenvalue weighted by Crippen LogP contribution is -2.48. The van der Waals surface area contributed by atoms with Gasteiger partial charge in [0.15, 0.2) is 11.4 Å². The zero-order valence-corrected chi connectivity index (χ0v) is 13.3. The second-order valence-corrected chi connectivity index (χ2v) is 5.93. The van der Waals surface area contributed by atoms with Crippen molar-refractivity contribution in [3.63, 3.8) is 0 Å². The summed E-state index contributed by atoms with van der Waals surface area (Å²) in [4.78, 5) is 12.4. The number of amides is 1. The monoisotopic (exact) mass is 314 g/mol. The van der Waals surface area contributed by atoms with Gasteiger partial charge in [0, 0.05) is 25.4 Å². The van der Waals surface area contributed by atoms with E-state index in [0.717, 1.165) is 6.42 Å². The number of nitrogens with one attached hydrogen (secondary N) is 1. The maximum Gasteiger partial charge on any atom is 0.259 e. The lowest BCUT2D eigenvalue weighted by Gasteiger charge is -2.24. The highest BCUT2D eigenvalue weighted by Crippen LogP contribution is 2.26. The molecule has 23 heavy (non-hydrogen) atoms. The van der Waals surface area contributed by atoms with Crippen molar-refractivity contribution in [2.24, 2.45) is 5.73 Å². The normalized spacial score (nSPS) is 20.6. The van der Waals surface area contributed by atoms with Gasteiger partial charge < -0.3 is 15.8 Å². The fraction of sp³-hybridized carbons (Fsp3) is 0.412. The zero-order chi connectivity index (χ0) is 16.3. The minimum atomic E-state index is -0.903. The van der Waals surface area contributed by atoms with E-state index in [1.807, 2.05) is 23.0 Å². The summed E-state index contributed by atoms with van der Waals surface area (Å²) < 4.78 is 7.38. The van der Waals surface area contributed by atoms with Crippen LogP contribution in [0.4, 0.5) is 5.82 Å². The van der Waals surface area contributed by atoms with E-state index in [9.17, 15) is 4.79 Å². The molecule has 0 radical (unpaired) electrons. The molecule has 6 nitrogen and oxygen atoms in total. The molecule has 0 aliphatic carbocycles. The summed E-state index contributed by atoms with van der Waals surface area (Å²) in [5, 5.41) is 7.23. The number of anilines is 1. The van der Waals surface area contributed by atoms with Gasteiger partial charge in [0.2, 0.25) is 0 Å². The summed E-state index contributed by atoms with van der Waals surface area (Å²) in [6.07, 6.45) is 3.36. The molecule has 2 aromatic rings. The summed E-state index contributed by atoms with van der Waals surface area (Å²) in [6.45, 7) is 3.50. The van der Waals surface area contributed by atoms with E-state index >= 15 is 0 Å². The Morgan fingerprint density at radius 3 is 2.96 bits per heavy atom. The molecule has 0 saturated carbocycles. The van der Waals surface area contributed by atoms with Gasteiger partial charge >= 0.3 is 0 Å². The molecule has 6 heteroatoms. The van der Waals surface area contributed by atoms with Crippen LogP contribution in [-0.4, -0.2) is 34.4 Å². The lowest BCUT2D eigenvalue weighted by atomic mass is 9.99. The first-order valence-corrected chi connectivity index (χ1v) is 7.86. The Morgan fingerprint density at radius 1 is 1.43 bits per heavy atom. The molecule has 1 amide bonds. The van der Waals surface area contributed by atoms with Crippen molar-refractivity contribution in [1.29, 1.82) is 0 Å². The molecule has 0 bridgehead atoms. The predicted octanol–water partition coefficient (Wildman–Crippen LogP) is 1.69.